The van der Waals surface area contributed by atoms with Gasteiger partial charge in [0.25, 0.3) is 5.91 Å². The quantitative estimate of drug-likeness (QED) is 0.440. The van der Waals surface area contributed by atoms with E-state index >= 15 is 0 Å². The smallest absolute Gasteiger partial charge is 0.265 e. The maximum Gasteiger partial charge on any atom is 0.265 e. The fraction of sp³-hybridized carbons (Fsp3) is 0.250. The van der Waals surface area contributed by atoms with E-state index in [0.29, 0.717) is 41.5 Å². The third-order valence-corrected chi connectivity index (χ3v) is 5.91. The molecule has 186 valence electrons. The van der Waals surface area contributed by atoms with Gasteiger partial charge in [-0.2, -0.15) is 0 Å². The average Bonchev–Trinajstić information content (AvgIpc) is 2.91. The summed E-state index contributed by atoms with van der Waals surface area (Å²) in [6.45, 7) is 1.74. The summed E-state index contributed by atoms with van der Waals surface area (Å²) in [5.41, 5.74) is 1.84. The Kier molecular flexibility index (Phi) is 7.85. The molecule has 1 N–H and O–H groups in total. The second kappa shape index (κ2) is 11.4. The van der Waals surface area contributed by atoms with E-state index in [2.05, 4.69) is 5.32 Å². The summed E-state index contributed by atoms with van der Waals surface area (Å²) in [5, 5.41) is 2.89. The number of hydrogen-bond donors (Lipinski definition) is 1. The highest BCUT2D eigenvalue weighted by molar-refractivity contribution is 6.05. The van der Waals surface area contributed by atoms with E-state index in [9.17, 15) is 14.4 Å². The first-order valence-electron chi connectivity index (χ1n) is 11.7. The lowest BCUT2D eigenvalue weighted by Gasteiger charge is -2.33. The Hall–Kier alpha value is -4.33. The van der Waals surface area contributed by atoms with Crippen molar-refractivity contribution in [2.45, 2.75) is 19.4 Å². The zero-order valence-electron chi connectivity index (χ0n) is 20.2. The second-order valence-corrected chi connectivity index (χ2v) is 8.32. The fourth-order valence-corrected chi connectivity index (χ4v) is 3.91. The van der Waals surface area contributed by atoms with E-state index < -0.39 is 6.04 Å². The van der Waals surface area contributed by atoms with E-state index in [4.69, 9.17) is 14.2 Å². The highest BCUT2D eigenvalue weighted by Gasteiger charge is 2.33. The van der Waals surface area contributed by atoms with Gasteiger partial charge in [0.05, 0.1) is 12.8 Å². The molecule has 0 saturated heterocycles. The van der Waals surface area contributed by atoms with Crippen LogP contribution in [0.15, 0.2) is 72.8 Å². The molecule has 2 amide bonds. The number of ketones is 1. The number of amides is 2. The molecule has 4 rings (SSSR count). The van der Waals surface area contributed by atoms with Crippen LogP contribution in [0.5, 0.6) is 17.2 Å². The number of hydrogen-bond acceptors (Lipinski definition) is 6. The van der Waals surface area contributed by atoms with Gasteiger partial charge in [0.1, 0.15) is 23.3 Å². The van der Waals surface area contributed by atoms with Gasteiger partial charge >= 0.3 is 0 Å². The number of fused-ring (bicyclic) bond motifs is 1. The van der Waals surface area contributed by atoms with Crippen LogP contribution < -0.4 is 24.4 Å². The summed E-state index contributed by atoms with van der Waals surface area (Å²) in [6.07, 6.45) is 0.680. The molecule has 1 atom stereocenters. The lowest BCUT2D eigenvalue weighted by molar-refractivity contribution is -0.127. The molecule has 3 aromatic carbocycles. The SMILES string of the molecule is COc1ccc(OCC(=O)c2ccc3c(c2)N(C(C)C(=O)NCCc2ccccc2)C(=O)CO3)cc1. The molecule has 0 radical (unpaired) electrons. The molecule has 36 heavy (non-hydrogen) atoms. The topological polar surface area (TPSA) is 94.2 Å². The van der Waals surface area contributed by atoms with E-state index in [1.165, 1.54) is 4.90 Å². The second-order valence-electron chi connectivity index (χ2n) is 8.32. The molecule has 1 heterocycles. The van der Waals surface area contributed by atoms with Crippen LogP contribution in [-0.2, 0) is 16.0 Å². The van der Waals surface area contributed by atoms with Crippen LogP contribution in [0, 0.1) is 0 Å². The molecule has 0 saturated carbocycles. The standard InChI is InChI=1S/C28H28N2O6/c1-19(28(33)29-15-14-20-6-4-3-5-7-20)30-24-16-21(8-13-26(24)36-18-27(30)32)25(31)17-35-23-11-9-22(34-2)10-12-23/h3-13,16,19H,14-15,17-18H2,1-2H3,(H,29,33). The fourth-order valence-electron chi connectivity index (χ4n) is 3.91. The summed E-state index contributed by atoms with van der Waals surface area (Å²) in [7, 11) is 1.57. The van der Waals surface area contributed by atoms with Gasteiger partial charge in [-0.05, 0) is 61.4 Å². The molecule has 1 aliphatic heterocycles. The highest BCUT2D eigenvalue weighted by Crippen LogP contribution is 2.34. The summed E-state index contributed by atoms with van der Waals surface area (Å²) < 4.78 is 16.3. The van der Waals surface area contributed by atoms with Gasteiger partial charge in [0.15, 0.2) is 19.0 Å². The Morgan fingerprint density at radius 2 is 1.75 bits per heavy atom. The first kappa shape index (κ1) is 24.8. The number of anilines is 1. The van der Waals surface area contributed by atoms with Crippen molar-refractivity contribution in [3.05, 3.63) is 83.9 Å². The first-order valence-corrected chi connectivity index (χ1v) is 11.7. The minimum absolute atomic E-state index is 0.178. The number of nitrogens with one attached hydrogen (secondary N) is 1. The molecule has 1 aliphatic rings. The van der Waals surface area contributed by atoms with E-state index in [-0.39, 0.29) is 30.8 Å². The van der Waals surface area contributed by atoms with Crippen LogP contribution in [0.25, 0.3) is 0 Å². The molecule has 0 aliphatic carbocycles. The molecule has 1 unspecified atom stereocenters. The van der Waals surface area contributed by atoms with Gasteiger partial charge in [-0.1, -0.05) is 30.3 Å². The number of nitrogens with zero attached hydrogens (tertiary/aromatic N) is 1. The van der Waals surface area contributed by atoms with Gasteiger partial charge in [0.2, 0.25) is 5.91 Å². The largest absolute Gasteiger partial charge is 0.497 e. The number of benzene rings is 3. The van der Waals surface area contributed by atoms with Gasteiger partial charge in [-0.25, -0.2) is 0 Å². The summed E-state index contributed by atoms with van der Waals surface area (Å²) >= 11 is 0. The van der Waals surface area contributed by atoms with Gasteiger partial charge < -0.3 is 19.5 Å². The Morgan fingerprint density at radius 1 is 1.03 bits per heavy atom. The predicted octanol–water partition coefficient (Wildman–Crippen LogP) is 3.43. The minimum atomic E-state index is -0.781. The number of carbonyl (C=O) groups is 3. The van der Waals surface area contributed by atoms with Crippen molar-refractivity contribution in [3.63, 3.8) is 0 Å². The summed E-state index contributed by atoms with van der Waals surface area (Å²) in [4.78, 5) is 39.8. The van der Waals surface area contributed by atoms with Crippen molar-refractivity contribution in [1.29, 1.82) is 0 Å². The van der Waals surface area contributed by atoms with Crippen LogP contribution >= 0.6 is 0 Å². The van der Waals surface area contributed by atoms with Gasteiger partial charge in [0, 0.05) is 12.1 Å². The van der Waals surface area contributed by atoms with E-state index in [0.717, 1.165) is 5.56 Å². The summed E-state index contributed by atoms with van der Waals surface area (Å²) in [5.74, 6) is 0.742. The molecule has 8 nitrogen and oxygen atoms in total. The average molecular weight is 489 g/mol. The Morgan fingerprint density at radius 3 is 2.47 bits per heavy atom. The number of Topliss-reactive ketones (excluding diaryl/α,β-unsaturated/α-hetero) is 1. The number of ether oxygens (including phenoxy) is 3. The lowest BCUT2D eigenvalue weighted by atomic mass is 10.1. The Bertz CT molecular complexity index is 1230. The zero-order chi connectivity index (χ0) is 25.5. The van der Waals surface area contributed by atoms with Crippen LogP contribution in [0.4, 0.5) is 5.69 Å². The number of carbonyl (C=O) groups excluding carboxylic acids is 3. The molecule has 3 aromatic rings. The maximum absolute atomic E-state index is 12.9. The molecule has 8 heteroatoms. The monoisotopic (exact) mass is 488 g/mol. The van der Waals surface area contributed by atoms with Crippen molar-refractivity contribution in [2.24, 2.45) is 0 Å². The minimum Gasteiger partial charge on any atom is -0.497 e. The summed E-state index contributed by atoms with van der Waals surface area (Å²) in [6, 6.07) is 20.8. The van der Waals surface area contributed by atoms with Crippen molar-refractivity contribution in [1.82, 2.24) is 5.32 Å². The van der Waals surface area contributed by atoms with Crippen molar-refractivity contribution in [3.8, 4) is 17.2 Å². The first-order chi connectivity index (χ1) is 17.5. The molecular weight excluding hydrogens is 460 g/mol. The van der Waals surface area contributed by atoms with Crippen molar-refractivity contribution >= 4 is 23.3 Å². The normalized spacial score (nSPS) is 13.3. The third-order valence-electron chi connectivity index (χ3n) is 5.91. The van der Waals surface area contributed by atoms with Gasteiger partial charge in [-0.15, -0.1) is 0 Å². The van der Waals surface area contributed by atoms with Crippen molar-refractivity contribution < 1.29 is 28.6 Å². The highest BCUT2D eigenvalue weighted by atomic mass is 16.5. The van der Waals surface area contributed by atoms with Crippen LogP contribution in [-0.4, -0.2) is 50.5 Å². The predicted molar refractivity (Wildman–Crippen MR) is 135 cm³/mol. The Balaban J connectivity index is 1.43. The molecule has 0 aromatic heterocycles. The molecule has 0 fully saturated rings. The lowest BCUT2D eigenvalue weighted by Crippen LogP contribution is -2.51. The molecule has 0 spiro atoms. The van der Waals surface area contributed by atoms with Crippen LogP contribution in [0.1, 0.15) is 22.8 Å². The maximum atomic E-state index is 12.9. The van der Waals surface area contributed by atoms with Crippen LogP contribution in [0.3, 0.4) is 0 Å². The Labute approximate surface area is 209 Å². The molecular formula is C28H28N2O6. The number of methoxy groups -OCH3 is 1. The van der Waals surface area contributed by atoms with Crippen LogP contribution in [0.2, 0.25) is 0 Å². The molecule has 0 bridgehead atoms. The zero-order valence-corrected chi connectivity index (χ0v) is 20.2. The van der Waals surface area contributed by atoms with Crippen molar-refractivity contribution in [2.75, 3.05) is 31.8 Å². The van der Waals surface area contributed by atoms with E-state index in [1.807, 2.05) is 30.3 Å². The number of rotatable bonds is 10. The van der Waals surface area contributed by atoms with Gasteiger partial charge in [-0.3, -0.25) is 19.3 Å². The third kappa shape index (κ3) is 5.83. The van der Waals surface area contributed by atoms with E-state index in [1.54, 1.807) is 56.5 Å².